The number of carbonyl (C=O) groups is 2. The molecule has 0 heterocycles. The lowest BCUT2D eigenvalue weighted by molar-refractivity contribution is -0.126. The molecule has 0 radical (unpaired) electrons. The molecule has 68 valence electrons. The molecule has 12 heavy (non-hydrogen) atoms. The fourth-order valence-electron chi connectivity index (χ4n) is 1.65. The van der Waals surface area contributed by atoms with E-state index in [0.29, 0.717) is 0 Å². The lowest BCUT2D eigenvalue weighted by Crippen LogP contribution is -2.32. The molecule has 1 rings (SSSR count). The minimum atomic E-state index is 0.0572. The van der Waals surface area contributed by atoms with Crippen LogP contribution in [-0.4, -0.2) is 18.7 Å². The van der Waals surface area contributed by atoms with E-state index in [-0.39, 0.29) is 18.4 Å². The second-order valence-electron chi connectivity index (χ2n) is 3.25. The highest BCUT2D eigenvalue weighted by Crippen LogP contribution is 2.23. The van der Waals surface area contributed by atoms with Crippen LogP contribution in [0.3, 0.4) is 0 Å². The summed E-state index contributed by atoms with van der Waals surface area (Å²) >= 11 is 0. The summed E-state index contributed by atoms with van der Waals surface area (Å²) in [5.74, 6) is 0.223. The van der Waals surface area contributed by atoms with Gasteiger partial charge in [-0.1, -0.05) is 19.3 Å². The van der Waals surface area contributed by atoms with Crippen LogP contribution in [0.5, 0.6) is 0 Å². The number of aldehydes is 1. The fraction of sp³-hybridized carbons (Fsp3) is 0.778. The van der Waals surface area contributed by atoms with Gasteiger partial charge in [0, 0.05) is 5.92 Å². The van der Waals surface area contributed by atoms with Gasteiger partial charge in [-0.15, -0.1) is 0 Å². The van der Waals surface area contributed by atoms with Crippen molar-refractivity contribution in [2.24, 2.45) is 5.92 Å². The highest BCUT2D eigenvalue weighted by Gasteiger charge is 2.19. The smallest absolute Gasteiger partial charge is 0.223 e. The molecule has 3 heteroatoms. The van der Waals surface area contributed by atoms with Crippen LogP contribution in [0.2, 0.25) is 0 Å². The summed E-state index contributed by atoms with van der Waals surface area (Å²) in [4.78, 5) is 21.3. The van der Waals surface area contributed by atoms with Crippen LogP contribution in [0, 0.1) is 5.92 Å². The van der Waals surface area contributed by atoms with Crippen molar-refractivity contribution in [1.29, 1.82) is 0 Å². The Morgan fingerprint density at radius 1 is 1.33 bits per heavy atom. The predicted octanol–water partition coefficient (Wildman–Crippen LogP) is 0.882. The van der Waals surface area contributed by atoms with Gasteiger partial charge in [0.15, 0.2) is 0 Å². The summed E-state index contributed by atoms with van der Waals surface area (Å²) in [5, 5.41) is 2.60. The van der Waals surface area contributed by atoms with Gasteiger partial charge < -0.3 is 10.1 Å². The Labute approximate surface area is 72.5 Å². The van der Waals surface area contributed by atoms with E-state index in [9.17, 15) is 9.59 Å². The molecule has 0 saturated heterocycles. The summed E-state index contributed by atoms with van der Waals surface area (Å²) in [6.07, 6.45) is 6.26. The normalized spacial score (nSPS) is 18.7. The SMILES string of the molecule is O=CCNC(=O)C1CCCCC1. The Morgan fingerprint density at radius 2 is 2.00 bits per heavy atom. The van der Waals surface area contributed by atoms with E-state index in [0.717, 1.165) is 32.0 Å². The predicted molar refractivity (Wildman–Crippen MR) is 45.6 cm³/mol. The standard InChI is InChI=1S/C9H15NO2/c11-7-6-10-9(12)8-4-2-1-3-5-8/h7-8H,1-6H2,(H,10,12). The van der Waals surface area contributed by atoms with Crippen LogP contribution in [0.15, 0.2) is 0 Å². The van der Waals surface area contributed by atoms with Crippen LogP contribution in [0.4, 0.5) is 0 Å². The molecule has 3 nitrogen and oxygen atoms in total. The van der Waals surface area contributed by atoms with E-state index in [1.54, 1.807) is 0 Å². The number of carbonyl (C=O) groups excluding carboxylic acids is 2. The van der Waals surface area contributed by atoms with Crippen LogP contribution in [0.25, 0.3) is 0 Å². The monoisotopic (exact) mass is 169 g/mol. The largest absolute Gasteiger partial charge is 0.349 e. The van der Waals surface area contributed by atoms with E-state index in [1.165, 1.54) is 6.42 Å². The molecule has 1 fully saturated rings. The van der Waals surface area contributed by atoms with Crippen molar-refractivity contribution in [3.63, 3.8) is 0 Å². The van der Waals surface area contributed by atoms with Gasteiger partial charge in [0.1, 0.15) is 6.29 Å². The molecule has 1 amide bonds. The lowest BCUT2D eigenvalue weighted by Gasteiger charge is -2.19. The van der Waals surface area contributed by atoms with Gasteiger partial charge in [-0.05, 0) is 12.8 Å². The Hall–Kier alpha value is -0.860. The van der Waals surface area contributed by atoms with Crippen molar-refractivity contribution in [3.05, 3.63) is 0 Å². The molecule has 0 aromatic rings. The maximum atomic E-state index is 11.3. The van der Waals surface area contributed by atoms with Gasteiger partial charge in [-0.3, -0.25) is 4.79 Å². The Bertz CT molecular complexity index is 162. The van der Waals surface area contributed by atoms with E-state index in [4.69, 9.17) is 0 Å². The van der Waals surface area contributed by atoms with Crippen molar-refractivity contribution in [1.82, 2.24) is 5.32 Å². The zero-order chi connectivity index (χ0) is 8.81. The zero-order valence-electron chi connectivity index (χ0n) is 7.21. The zero-order valence-corrected chi connectivity index (χ0v) is 7.21. The van der Waals surface area contributed by atoms with E-state index >= 15 is 0 Å². The van der Waals surface area contributed by atoms with Gasteiger partial charge in [0.2, 0.25) is 5.91 Å². The van der Waals surface area contributed by atoms with Gasteiger partial charge >= 0.3 is 0 Å². The maximum Gasteiger partial charge on any atom is 0.223 e. The van der Waals surface area contributed by atoms with E-state index in [1.807, 2.05) is 0 Å². The third-order valence-electron chi connectivity index (χ3n) is 2.34. The lowest BCUT2D eigenvalue weighted by atomic mass is 9.89. The van der Waals surface area contributed by atoms with Crippen LogP contribution >= 0.6 is 0 Å². The molecule has 0 aromatic heterocycles. The summed E-state index contributed by atoms with van der Waals surface area (Å²) in [6.45, 7) is 0.162. The Kier molecular flexibility index (Phi) is 3.77. The molecule has 0 aliphatic heterocycles. The molecule has 1 aliphatic carbocycles. The van der Waals surface area contributed by atoms with Crippen molar-refractivity contribution >= 4 is 12.2 Å². The summed E-state index contributed by atoms with van der Waals surface area (Å²) < 4.78 is 0. The second kappa shape index (κ2) is 4.91. The van der Waals surface area contributed by atoms with Crippen molar-refractivity contribution < 1.29 is 9.59 Å². The third kappa shape index (κ3) is 2.64. The average Bonchev–Trinajstić information content (AvgIpc) is 2.15. The molecular weight excluding hydrogens is 154 g/mol. The Balaban J connectivity index is 2.24. The van der Waals surface area contributed by atoms with Crippen molar-refractivity contribution in [2.45, 2.75) is 32.1 Å². The quantitative estimate of drug-likeness (QED) is 0.637. The van der Waals surface area contributed by atoms with E-state index in [2.05, 4.69) is 5.32 Å². The summed E-state index contributed by atoms with van der Waals surface area (Å²) in [7, 11) is 0. The molecular formula is C9H15NO2. The first-order valence-corrected chi connectivity index (χ1v) is 4.56. The molecule has 0 unspecified atom stereocenters. The van der Waals surface area contributed by atoms with Gasteiger partial charge in [0.05, 0.1) is 6.54 Å². The number of amides is 1. The molecule has 1 saturated carbocycles. The molecule has 0 atom stereocenters. The van der Waals surface area contributed by atoms with Crippen LogP contribution in [-0.2, 0) is 9.59 Å². The van der Waals surface area contributed by atoms with Crippen LogP contribution in [0.1, 0.15) is 32.1 Å². The highest BCUT2D eigenvalue weighted by molar-refractivity contribution is 5.80. The highest BCUT2D eigenvalue weighted by atomic mass is 16.2. The number of hydrogen-bond acceptors (Lipinski definition) is 2. The number of nitrogens with one attached hydrogen (secondary N) is 1. The molecule has 0 spiro atoms. The first kappa shape index (κ1) is 9.23. The van der Waals surface area contributed by atoms with Crippen molar-refractivity contribution in [3.8, 4) is 0 Å². The second-order valence-corrected chi connectivity index (χ2v) is 3.25. The number of rotatable bonds is 3. The third-order valence-corrected chi connectivity index (χ3v) is 2.34. The first-order chi connectivity index (χ1) is 5.84. The molecule has 0 bridgehead atoms. The topological polar surface area (TPSA) is 46.2 Å². The number of hydrogen-bond donors (Lipinski definition) is 1. The first-order valence-electron chi connectivity index (χ1n) is 4.56. The van der Waals surface area contributed by atoms with Gasteiger partial charge in [-0.25, -0.2) is 0 Å². The summed E-state index contributed by atoms with van der Waals surface area (Å²) in [6, 6.07) is 0. The average molecular weight is 169 g/mol. The molecule has 1 aliphatic rings. The minimum absolute atomic E-state index is 0.0572. The Morgan fingerprint density at radius 3 is 2.58 bits per heavy atom. The minimum Gasteiger partial charge on any atom is -0.349 e. The van der Waals surface area contributed by atoms with Crippen molar-refractivity contribution in [2.75, 3.05) is 6.54 Å². The molecule has 1 N–H and O–H groups in total. The maximum absolute atomic E-state index is 11.3. The van der Waals surface area contributed by atoms with Gasteiger partial charge in [-0.2, -0.15) is 0 Å². The molecule has 0 aromatic carbocycles. The fourth-order valence-corrected chi connectivity index (χ4v) is 1.65. The summed E-state index contributed by atoms with van der Waals surface area (Å²) in [5.41, 5.74) is 0. The van der Waals surface area contributed by atoms with E-state index < -0.39 is 0 Å². The van der Waals surface area contributed by atoms with Gasteiger partial charge in [0.25, 0.3) is 0 Å². The van der Waals surface area contributed by atoms with Crippen LogP contribution < -0.4 is 5.32 Å².